The second-order valence-corrected chi connectivity index (χ2v) is 8.50. The third kappa shape index (κ3) is 4.31. The molecule has 0 bridgehead atoms. The lowest BCUT2D eigenvalue weighted by atomic mass is 9.98. The summed E-state index contributed by atoms with van der Waals surface area (Å²) >= 11 is 2.35. The van der Waals surface area contributed by atoms with E-state index in [-0.39, 0.29) is 18.4 Å². The van der Waals surface area contributed by atoms with E-state index in [1.165, 1.54) is 11.3 Å². The molecule has 140 valence electrons. The highest BCUT2D eigenvalue weighted by molar-refractivity contribution is 8.18. The smallest absolute Gasteiger partial charge is 0.294 e. The van der Waals surface area contributed by atoms with E-state index in [9.17, 15) is 14.4 Å². The summed E-state index contributed by atoms with van der Waals surface area (Å²) in [5, 5.41) is 4.35. The Morgan fingerprint density at radius 3 is 2.67 bits per heavy atom. The molecule has 1 aliphatic rings. The molecule has 1 aromatic heterocycles. The Morgan fingerprint density at radius 2 is 2.00 bits per heavy atom. The van der Waals surface area contributed by atoms with Crippen LogP contribution in [0.15, 0.2) is 40.6 Å². The Labute approximate surface area is 166 Å². The van der Waals surface area contributed by atoms with Crippen molar-refractivity contribution in [2.24, 2.45) is 0 Å². The fourth-order valence-electron chi connectivity index (χ4n) is 2.80. The number of para-hydroxylation sites is 1. The minimum atomic E-state index is -0.428. The number of carbonyl (C=O) groups is 3. The Kier molecular flexibility index (Phi) is 5.82. The Balaban J connectivity index is 1.74. The minimum absolute atomic E-state index is 0.242. The zero-order chi connectivity index (χ0) is 19.6. The fourth-order valence-corrected chi connectivity index (χ4v) is 4.36. The van der Waals surface area contributed by atoms with Crippen molar-refractivity contribution in [2.45, 2.75) is 26.7 Å². The zero-order valence-corrected chi connectivity index (χ0v) is 16.9. The average molecular weight is 401 g/mol. The Morgan fingerprint density at radius 1 is 1.22 bits per heavy atom. The predicted octanol–water partition coefficient (Wildman–Crippen LogP) is 4.85. The van der Waals surface area contributed by atoms with Gasteiger partial charge in [-0.25, -0.2) is 0 Å². The van der Waals surface area contributed by atoms with Crippen LogP contribution in [0.25, 0.3) is 6.08 Å². The molecule has 0 atom stereocenters. The van der Waals surface area contributed by atoms with Crippen LogP contribution in [0.4, 0.5) is 10.5 Å². The largest absolute Gasteiger partial charge is 0.324 e. The first-order valence-corrected chi connectivity index (χ1v) is 10.2. The Bertz CT molecular complexity index is 917. The number of nitrogens with zero attached hydrogens (tertiary/aromatic N) is 1. The molecule has 0 spiro atoms. The average Bonchev–Trinajstić information content (AvgIpc) is 3.21. The number of nitrogens with one attached hydrogen (secondary N) is 1. The highest BCUT2D eigenvalue weighted by atomic mass is 32.2. The monoisotopic (exact) mass is 400 g/mol. The normalized spacial score (nSPS) is 15.9. The number of hydrogen-bond acceptors (Lipinski definition) is 5. The molecule has 1 saturated heterocycles. The summed E-state index contributed by atoms with van der Waals surface area (Å²) in [6, 6.07) is 9.59. The third-order valence-electron chi connectivity index (χ3n) is 4.18. The molecule has 27 heavy (non-hydrogen) atoms. The molecule has 0 unspecified atom stereocenters. The molecule has 5 nitrogen and oxygen atoms in total. The maximum absolute atomic E-state index is 12.5. The van der Waals surface area contributed by atoms with E-state index < -0.39 is 11.1 Å². The lowest BCUT2D eigenvalue weighted by Gasteiger charge is -2.18. The van der Waals surface area contributed by atoms with Gasteiger partial charge in [-0.1, -0.05) is 38.1 Å². The zero-order valence-electron chi connectivity index (χ0n) is 15.3. The number of aryl methyl sites for hydroxylation is 1. The molecule has 0 saturated carbocycles. The van der Waals surface area contributed by atoms with Crippen molar-refractivity contribution in [2.75, 3.05) is 11.9 Å². The van der Waals surface area contributed by atoms with Crippen LogP contribution in [0.3, 0.4) is 0 Å². The van der Waals surface area contributed by atoms with Crippen LogP contribution in [-0.4, -0.2) is 28.5 Å². The van der Waals surface area contributed by atoms with Crippen molar-refractivity contribution < 1.29 is 14.4 Å². The van der Waals surface area contributed by atoms with Gasteiger partial charge in [0.05, 0.1) is 4.91 Å². The van der Waals surface area contributed by atoms with Gasteiger partial charge in [0.2, 0.25) is 5.91 Å². The van der Waals surface area contributed by atoms with Crippen LogP contribution in [0, 0.1) is 6.92 Å². The van der Waals surface area contributed by atoms with Crippen LogP contribution >= 0.6 is 23.1 Å². The molecular formula is C20H20N2O3S2. The first kappa shape index (κ1) is 19.4. The third-order valence-corrected chi connectivity index (χ3v) is 5.91. The van der Waals surface area contributed by atoms with Gasteiger partial charge in [0.15, 0.2) is 0 Å². The van der Waals surface area contributed by atoms with Crippen LogP contribution in [0.2, 0.25) is 0 Å². The maximum atomic E-state index is 12.5. The van der Waals surface area contributed by atoms with Gasteiger partial charge < -0.3 is 5.32 Å². The van der Waals surface area contributed by atoms with E-state index in [2.05, 4.69) is 19.2 Å². The topological polar surface area (TPSA) is 66.5 Å². The lowest BCUT2D eigenvalue weighted by Crippen LogP contribution is -2.36. The number of anilines is 1. The summed E-state index contributed by atoms with van der Waals surface area (Å²) in [5.41, 5.74) is 2.72. The molecule has 1 N–H and O–H groups in total. The lowest BCUT2D eigenvalue weighted by molar-refractivity contribution is -0.127. The van der Waals surface area contributed by atoms with Crippen LogP contribution in [-0.2, 0) is 9.59 Å². The molecule has 1 aromatic carbocycles. The summed E-state index contributed by atoms with van der Waals surface area (Å²) in [6.45, 7) is 5.73. The quantitative estimate of drug-likeness (QED) is 0.728. The fraction of sp³-hybridized carbons (Fsp3) is 0.250. The van der Waals surface area contributed by atoms with Crippen molar-refractivity contribution in [3.05, 3.63) is 56.6 Å². The molecule has 7 heteroatoms. The molecule has 0 aliphatic carbocycles. The number of imide groups is 1. The van der Waals surface area contributed by atoms with Gasteiger partial charge in [-0.2, -0.15) is 0 Å². The highest BCUT2D eigenvalue weighted by Crippen LogP contribution is 2.33. The second-order valence-electron chi connectivity index (χ2n) is 6.53. The van der Waals surface area contributed by atoms with E-state index in [0.29, 0.717) is 4.91 Å². The van der Waals surface area contributed by atoms with Crippen molar-refractivity contribution in [3.63, 3.8) is 0 Å². The van der Waals surface area contributed by atoms with Crippen molar-refractivity contribution in [3.8, 4) is 0 Å². The molecular weight excluding hydrogens is 380 g/mol. The van der Waals surface area contributed by atoms with Gasteiger partial charge in [0, 0.05) is 10.6 Å². The van der Waals surface area contributed by atoms with Crippen molar-refractivity contribution in [1.82, 2.24) is 4.90 Å². The number of carbonyl (C=O) groups excluding carboxylic acids is 3. The van der Waals surface area contributed by atoms with Crippen LogP contribution in [0.5, 0.6) is 0 Å². The van der Waals surface area contributed by atoms with Gasteiger partial charge in [-0.05, 0) is 53.3 Å². The number of amides is 3. The first-order chi connectivity index (χ1) is 12.9. The van der Waals surface area contributed by atoms with Gasteiger partial charge >= 0.3 is 0 Å². The van der Waals surface area contributed by atoms with E-state index >= 15 is 0 Å². The highest BCUT2D eigenvalue weighted by Gasteiger charge is 2.36. The second kappa shape index (κ2) is 8.10. The first-order valence-electron chi connectivity index (χ1n) is 8.55. The molecule has 0 radical (unpaired) electrons. The number of thioether (sulfide) groups is 1. The Hall–Kier alpha value is -2.38. The molecule has 2 heterocycles. The minimum Gasteiger partial charge on any atom is -0.324 e. The van der Waals surface area contributed by atoms with E-state index in [0.717, 1.165) is 38.4 Å². The van der Waals surface area contributed by atoms with Crippen LogP contribution < -0.4 is 5.32 Å². The van der Waals surface area contributed by atoms with Crippen molar-refractivity contribution >= 4 is 51.9 Å². The van der Waals surface area contributed by atoms with Crippen molar-refractivity contribution in [1.29, 1.82) is 0 Å². The molecule has 1 fully saturated rings. The van der Waals surface area contributed by atoms with E-state index in [4.69, 9.17) is 0 Å². The predicted molar refractivity (Wildman–Crippen MR) is 111 cm³/mol. The molecule has 3 amide bonds. The number of thiophene rings is 1. The summed E-state index contributed by atoms with van der Waals surface area (Å²) in [7, 11) is 0. The molecule has 1 aliphatic heterocycles. The summed E-state index contributed by atoms with van der Waals surface area (Å²) in [6.07, 6.45) is 1.69. The summed E-state index contributed by atoms with van der Waals surface area (Å²) in [5.74, 6) is -0.570. The standard InChI is InChI=1S/C20H20N2O3S2/c1-12(2)15-8-4-6-13(3)18(15)21-17(23)11-22-19(24)16(27-20(22)25)10-14-7-5-9-26-14/h4-10,12H,11H2,1-3H3,(H,21,23)/b16-10-. The molecule has 2 aromatic rings. The van der Waals surface area contributed by atoms with Gasteiger partial charge in [0.1, 0.15) is 6.54 Å². The molecule has 3 rings (SSSR count). The van der Waals surface area contributed by atoms with Gasteiger partial charge in [-0.3, -0.25) is 19.3 Å². The van der Waals surface area contributed by atoms with Gasteiger partial charge in [0.25, 0.3) is 11.1 Å². The SMILES string of the molecule is Cc1cccc(C(C)C)c1NC(=O)CN1C(=O)S/C(=C\c2cccs2)C1=O. The number of hydrogen-bond donors (Lipinski definition) is 1. The van der Waals surface area contributed by atoms with E-state index in [1.807, 2.05) is 42.6 Å². The summed E-state index contributed by atoms with van der Waals surface area (Å²) in [4.78, 5) is 39.5. The van der Waals surface area contributed by atoms with E-state index in [1.54, 1.807) is 6.08 Å². The van der Waals surface area contributed by atoms with Crippen LogP contribution in [0.1, 0.15) is 35.8 Å². The number of benzene rings is 1. The summed E-state index contributed by atoms with van der Waals surface area (Å²) < 4.78 is 0. The van der Waals surface area contributed by atoms with Gasteiger partial charge in [-0.15, -0.1) is 11.3 Å². The maximum Gasteiger partial charge on any atom is 0.294 e. The number of rotatable bonds is 5.